The standard InChI is InChI=1S/C14H13F4N3O2/c1-23-9-4-2-8(3-5-9)19-12(22)7-21-11(14(17)18)6-10(20-21)13(15)16/h2-6,13-14H,7H2,1H3,(H,19,22). The largest absolute Gasteiger partial charge is 0.497 e. The first-order valence-corrected chi connectivity index (χ1v) is 6.48. The van der Waals surface area contributed by atoms with E-state index in [4.69, 9.17) is 4.74 Å². The molecule has 0 unspecified atom stereocenters. The minimum atomic E-state index is -3.01. The first-order chi connectivity index (χ1) is 10.9. The predicted octanol–water partition coefficient (Wildman–Crippen LogP) is 3.41. The highest BCUT2D eigenvalue weighted by molar-refractivity contribution is 5.90. The van der Waals surface area contributed by atoms with Crippen LogP contribution in [0.1, 0.15) is 24.2 Å². The van der Waals surface area contributed by atoms with Gasteiger partial charge >= 0.3 is 0 Å². The zero-order chi connectivity index (χ0) is 17.0. The molecule has 0 saturated carbocycles. The molecule has 9 heteroatoms. The molecule has 0 fully saturated rings. The molecule has 2 rings (SSSR count). The minimum Gasteiger partial charge on any atom is -0.497 e. The van der Waals surface area contributed by atoms with Gasteiger partial charge in [-0.15, -0.1) is 0 Å². The van der Waals surface area contributed by atoms with Crippen molar-refractivity contribution in [3.63, 3.8) is 0 Å². The third kappa shape index (κ3) is 4.21. The summed E-state index contributed by atoms with van der Waals surface area (Å²) in [6, 6.07) is 6.90. The number of carbonyl (C=O) groups excluding carboxylic acids is 1. The Kier molecular flexibility index (Phi) is 5.20. The van der Waals surface area contributed by atoms with Gasteiger partial charge in [-0.3, -0.25) is 9.48 Å². The SMILES string of the molecule is COc1ccc(NC(=O)Cn2nc(C(F)F)cc2C(F)F)cc1. The zero-order valence-corrected chi connectivity index (χ0v) is 12.0. The third-order valence-electron chi connectivity index (χ3n) is 2.94. The van der Waals surface area contributed by atoms with E-state index in [2.05, 4.69) is 10.4 Å². The maximum atomic E-state index is 12.8. The Balaban J connectivity index is 2.09. The van der Waals surface area contributed by atoms with Crippen LogP contribution >= 0.6 is 0 Å². The van der Waals surface area contributed by atoms with Crippen LogP contribution in [0, 0.1) is 0 Å². The number of nitrogens with one attached hydrogen (secondary N) is 1. The zero-order valence-electron chi connectivity index (χ0n) is 12.0. The lowest BCUT2D eigenvalue weighted by Crippen LogP contribution is -2.21. The summed E-state index contributed by atoms with van der Waals surface area (Å²) in [5.74, 6) is -0.0855. The number of amides is 1. The Labute approximate surface area is 128 Å². The third-order valence-corrected chi connectivity index (χ3v) is 2.94. The Hall–Kier alpha value is -2.58. The summed E-state index contributed by atoms with van der Waals surface area (Å²) >= 11 is 0. The van der Waals surface area contributed by atoms with Crippen LogP contribution in [-0.2, 0) is 11.3 Å². The Morgan fingerprint density at radius 1 is 1.22 bits per heavy atom. The lowest BCUT2D eigenvalue weighted by molar-refractivity contribution is -0.117. The molecular weight excluding hydrogens is 318 g/mol. The maximum absolute atomic E-state index is 12.8. The summed E-state index contributed by atoms with van der Waals surface area (Å²) in [5, 5.41) is 5.80. The average Bonchev–Trinajstić information content (AvgIpc) is 2.92. The van der Waals surface area contributed by atoms with E-state index in [1.807, 2.05) is 0 Å². The molecule has 0 saturated heterocycles. The Morgan fingerprint density at radius 2 is 1.87 bits per heavy atom. The van der Waals surface area contributed by atoms with E-state index in [0.717, 1.165) is 0 Å². The Morgan fingerprint density at radius 3 is 2.39 bits per heavy atom. The summed E-state index contributed by atoms with van der Waals surface area (Å²) in [4.78, 5) is 11.9. The number of methoxy groups -OCH3 is 1. The van der Waals surface area contributed by atoms with Crippen molar-refractivity contribution in [1.29, 1.82) is 0 Å². The van der Waals surface area contributed by atoms with Crippen LogP contribution in [0.2, 0.25) is 0 Å². The van der Waals surface area contributed by atoms with Gasteiger partial charge in [-0.2, -0.15) is 5.10 Å². The van der Waals surface area contributed by atoms with Crippen LogP contribution in [0.5, 0.6) is 5.75 Å². The molecule has 0 spiro atoms. The fraction of sp³-hybridized carbons (Fsp3) is 0.286. The van der Waals surface area contributed by atoms with Crippen LogP contribution in [0.15, 0.2) is 30.3 Å². The molecule has 1 N–H and O–H groups in total. The molecule has 0 aliphatic carbocycles. The lowest BCUT2D eigenvalue weighted by Gasteiger charge is -2.08. The molecule has 0 atom stereocenters. The van der Waals surface area contributed by atoms with E-state index in [1.165, 1.54) is 7.11 Å². The van der Waals surface area contributed by atoms with E-state index >= 15 is 0 Å². The summed E-state index contributed by atoms with van der Waals surface area (Å²) in [5.41, 5.74) is -1.11. The molecule has 0 bridgehead atoms. The molecule has 1 amide bonds. The van der Waals surface area contributed by atoms with Gasteiger partial charge in [0.2, 0.25) is 5.91 Å². The van der Waals surface area contributed by atoms with Gasteiger partial charge in [0.1, 0.15) is 23.7 Å². The van der Waals surface area contributed by atoms with Crippen molar-refractivity contribution < 1.29 is 27.1 Å². The average molecular weight is 331 g/mol. The van der Waals surface area contributed by atoms with Gasteiger partial charge in [0.15, 0.2) is 0 Å². The summed E-state index contributed by atoms with van der Waals surface area (Å²) < 4.78 is 56.3. The molecule has 0 radical (unpaired) electrons. The van der Waals surface area contributed by atoms with E-state index in [9.17, 15) is 22.4 Å². The van der Waals surface area contributed by atoms with Gasteiger partial charge < -0.3 is 10.1 Å². The van der Waals surface area contributed by atoms with Crippen LogP contribution in [0.4, 0.5) is 23.2 Å². The number of benzene rings is 1. The van der Waals surface area contributed by atoms with Gasteiger partial charge in [0, 0.05) is 5.69 Å². The first-order valence-electron chi connectivity index (χ1n) is 6.48. The normalized spacial score (nSPS) is 11.1. The van der Waals surface area contributed by atoms with Gasteiger partial charge in [0.25, 0.3) is 12.9 Å². The highest BCUT2D eigenvalue weighted by atomic mass is 19.3. The van der Waals surface area contributed by atoms with Crippen LogP contribution in [0.25, 0.3) is 0 Å². The van der Waals surface area contributed by atoms with Crippen molar-refractivity contribution in [3.8, 4) is 5.75 Å². The fourth-order valence-electron chi connectivity index (χ4n) is 1.87. The summed E-state index contributed by atoms with van der Waals surface area (Å²) in [6.45, 7) is -0.599. The van der Waals surface area contributed by atoms with Crippen LogP contribution in [-0.4, -0.2) is 22.8 Å². The maximum Gasteiger partial charge on any atom is 0.282 e. The van der Waals surface area contributed by atoms with Crippen molar-refractivity contribution in [2.45, 2.75) is 19.4 Å². The van der Waals surface area contributed by atoms with Crippen molar-refractivity contribution in [1.82, 2.24) is 9.78 Å². The molecule has 5 nitrogen and oxygen atoms in total. The molecule has 0 aliphatic rings. The highest BCUT2D eigenvalue weighted by Crippen LogP contribution is 2.25. The van der Waals surface area contributed by atoms with Gasteiger partial charge in [-0.1, -0.05) is 0 Å². The van der Waals surface area contributed by atoms with Crippen molar-refractivity contribution in [2.24, 2.45) is 0 Å². The molecule has 124 valence electrons. The van der Waals surface area contributed by atoms with Crippen molar-refractivity contribution in [3.05, 3.63) is 41.7 Å². The molecule has 1 heterocycles. The van der Waals surface area contributed by atoms with E-state index < -0.39 is 36.7 Å². The quantitative estimate of drug-likeness (QED) is 0.826. The number of ether oxygens (including phenoxy) is 1. The summed E-state index contributed by atoms with van der Waals surface area (Å²) in [6.07, 6.45) is -6.00. The first kappa shape index (κ1) is 16.8. The van der Waals surface area contributed by atoms with Gasteiger partial charge in [-0.05, 0) is 30.3 Å². The van der Waals surface area contributed by atoms with Crippen molar-refractivity contribution in [2.75, 3.05) is 12.4 Å². The van der Waals surface area contributed by atoms with Crippen molar-refractivity contribution >= 4 is 11.6 Å². The number of rotatable bonds is 6. The van der Waals surface area contributed by atoms with Gasteiger partial charge in [0.05, 0.1) is 7.11 Å². The highest BCUT2D eigenvalue weighted by Gasteiger charge is 2.22. The number of halogens is 4. The summed E-state index contributed by atoms with van der Waals surface area (Å²) in [7, 11) is 1.48. The second kappa shape index (κ2) is 7.12. The number of hydrogen-bond acceptors (Lipinski definition) is 3. The topological polar surface area (TPSA) is 56.1 Å². The second-order valence-corrected chi connectivity index (χ2v) is 4.53. The molecule has 23 heavy (non-hydrogen) atoms. The van der Waals surface area contributed by atoms with E-state index in [1.54, 1.807) is 24.3 Å². The fourth-order valence-corrected chi connectivity index (χ4v) is 1.87. The number of aromatic nitrogens is 2. The number of hydrogen-bond donors (Lipinski definition) is 1. The van der Waals surface area contributed by atoms with Crippen LogP contribution < -0.4 is 10.1 Å². The number of carbonyl (C=O) groups is 1. The second-order valence-electron chi connectivity index (χ2n) is 4.53. The number of alkyl halides is 4. The lowest BCUT2D eigenvalue weighted by atomic mass is 10.3. The van der Waals surface area contributed by atoms with E-state index in [-0.39, 0.29) is 0 Å². The number of anilines is 1. The Bertz CT molecular complexity index is 671. The monoisotopic (exact) mass is 331 g/mol. The predicted molar refractivity (Wildman–Crippen MR) is 73.8 cm³/mol. The van der Waals surface area contributed by atoms with E-state index in [0.29, 0.717) is 22.2 Å². The van der Waals surface area contributed by atoms with Gasteiger partial charge in [-0.25, -0.2) is 17.6 Å². The smallest absolute Gasteiger partial charge is 0.282 e. The molecule has 0 aliphatic heterocycles. The minimum absolute atomic E-state index is 0.413. The molecule has 1 aromatic carbocycles. The molecule has 2 aromatic rings. The number of nitrogens with zero attached hydrogens (tertiary/aromatic N) is 2. The molecular formula is C14H13F4N3O2. The molecule has 1 aromatic heterocycles. The van der Waals surface area contributed by atoms with Crippen LogP contribution in [0.3, 0.4) is 0 Å².